The first-order chi connectivity index (χ1) is 7.85. The Bertz CT molecular complexity index is 513. The number of ether oxygens (including phenoxy) is 1. The quantitative estimate of drug-likeness (QED) is 0.789. The van der Waals surface area contributed by atoms with Crippen LogP contribution in [0.15, 0.2) is 9.59 Å². The SMILES string of the molecule is CCc1c(O)n(C(C)(C)COC)c(=O)[nH]c1=O. The Hall–Kier alpha value is -1.56. The van der Waals surface area contributed by atoms with Crippen molar-refractivity contribution in [3.8, 4) is 5.88 Å². The van der Waals surface area contributed by atoms with E-state index >= 15 is 0 Å². The van der Waals surface area contributed by atoms with Gasteiger partial charge in [-0.2, -0.15) is 0 Å². The lowest BCUT2D eigenvalue weighted by Gasteiger charge is -2.27. The van der Waals surface area contributed by atoms with Gasteiger partial charge in [0.2, 0.25) is 5.88 Å². The highest BCUT2D eigenvalue weighted by Gasteiger charge is 2.26. The molecule has 1 aromatic heterocycles. The number of rotatable bonds is 4. The van der Waals surface area contributed by atoms with Crippen LogP contribution in [0.3, 0.4) is 0 Å². The lowest BCUT2D eigenvalue weighted by Crippen LogP contribution is -2.44. The standard InChI is InChI=1S/C11H18N2O4/c1-5-7-8(14)12-10(16)13(9(7)15)11(2,3)6-17-4/h15H,5-6H2,1-4H3,(H,12,14,16). The lowest BCUT2D eigenvalue weighted by molar-refractivity contribution is 0.0995. The molecule has 1 rings (SSSR count). The molecule has 0 radical (unpaired) electrons. The maximum absolute atomic E-state index is 11.7. The molecule has 6 nitrogen and oxygen atoms in total. The minimum atomic E-state index is -0.732. The predicted molar refractivity (Wildman–Crippen MR) is 63.6 cm³/mol. The van der Waals surface area contributed by atoms with E-state index in [1.165, 1.54) is 7.11 Å². The summed E-state index contributed by atoms with van der Waals surface area (Å²) in [6.45, 7) is 5.48. The van der Waals surface area contributed by atoms with Crippen molar-refractivity contribution in [1.29, 1.82) is 0 Å². The lowest BCUT2D eigenvalue weighted by atomic mass is 10.1. The molecule has 0 atom stereocenters. The highest BCUT2D eigenvalue weighted by molar-refractivity contribution is 5.23. The molecule has 1 heterocycles. The summed E-state index contributed by atoms with van der Waals surface area (Å²) >= 11 is 0. The number of hydrogen-bond acceptors (Lipinski definition) is 4. The third kappa shape index (κ3) is 2.41. The fraction of sp³-hybridized carbons (Fsp3) is 0.636. The molecule has 2 N–H and O–H groups in total. The summed E-state index contributed by atoms with van der Waals surface area (Å²) in [5.41, 5.74) is -1.70. The summed E-state index contributed by atoms with van der Waals surface area (Å²) < 4.78 is 6.16. The fourth-order valence-electron chi connectivity index (χ4n) is 1.86. The van der Waals surface area contributed by atoms with Crippen LogP contribution in [0.2, 0.25) is 0 Å². The number of nitrogens with zero attached hydrogens (tertiary/aromatic N) is 1. The van der Waals surface area contributed by atoms with Gasteiger partial charge in [0.25, 0.3) is 5.56 Å². The Kier molecular flexibility index (Phi) is 3.77. The van der Waals surface area contributed by atoms with E-state index in [4.69, 9.17) is 4.74 Å². The van der Waals surface area contributed by atoms with Gasteiger partial charge in [0.1, 0.15) is 0 Å². The Morgan fingerprint density at radius 2 is 2.00 bits per heavy atom. The summed E-state index contributed by atoms with van der Waals surface area (Å²) in [6.07, 6.45) is 0.352. The van der Waals surface area contributed by atoms with Crippen LogP contribution in [0.1, 0.15) is 26.3 Å². The number of H-pyrrole nitrogens is 1. The first-order valence-corrected chi connectivity index (χ1v) is 5.41. The van der Waals surface area contributed by atoms with Crippen LogP contribution >= 0.6 is 0 Å². The Labute approximate surface area is 98.9 Å². The van der Waals surface area contributed by atoms with Crippen molar-refractivity contribution >= 4 is 0 Å². The van der Waals surface area contributed by atoms with Crippen molar-refractivity contribution in [2.24, 2.45) is 0 Å². The van der Waals surface area contributed by atoms with Crippen LogP contribution in [-0.4, -0.2) is 28.4 Å². The van der Waals surface area contributed by atoms with Gasteiger partial charge in [-0.1, -0.05) is 6.92 Å². The molecule has 6 heteroatoms. The molecule has 0 spiro atoms. The van der Waals surface area contributed by atoms with Gasteiger partial charge >= 0.3 is 5.69 Å². The monoisotopic (exact) mass is 242 g/mol. The van der Waals surface area contributed by atoms with Crippen molar-refractivity contribution in [2.75, 3.05) is 13.7 Å². The largest absolute Gasteiger partial charge is 0.494 e. The number of hydrogen-bond donors (Lipinski definition) is 2. The van der Waals surface area contributed by atoms with E-state index in [-0.39, 0.29) is 18.1 Å². The van der Waals surface area contributed by atoms with Crippen LogP contribution < -0.4 is 11.2 Å². The second-order valence-corrected chi connectivity index (χ2v) is 4.50. The van der Waals surface area contributed by atoms with E-state index in [0.29, 0.717) is 6.42 Å². The average molecular weight is 242 g/mol. The second-order valence-electron chi connectivity index (χ2n) is 4.50. The number of aromatic nitrogens is 2. The normalized spacial score (nSPS) is 11.8. The van der Waals surface area contributed by atoms with E-state index in [2.05, 4.69) is 4.98 Å². The van der Waals surface area contributed by atoms with Gasteiger partial charge in [0.05, 0.1) is 17.7 Å². The van der Waals surface area contributed by atoms with Gasteiger partial charge in [0, 0.05) is 7.11 Å². The minimum Gasteiger partial charge on any atom is -0.494 e. The molecule has 0 aliphatic rings. The minimum absolute atomic E-state index is 0.203. The summed E-state index contributed by atoms with van der Waals surface area (Å²) in [5.74, 6) is -0.289. The molecule has 0 aliphatic carbocycles. The summed E-state index contributed by atoms with van der Waals surface area (Å²) in [5, 5.41) is 10.0. The molecule has 96 valence electrons. The third-order valence-electron chi connectivity index (χ3n) is 2.64. The van der Waals surface area contributed by atoms with Crippen LogP contribution in [-0.2, 0) is 16.7 Å². The molecule has 17 heavy (non-hydrogen) atoms. The summed E-state index contributed by atoms with van der Waals surface area (Å²) in [7, 11) is 1.51. The Morgan fingerprint density at radius 1 is 1.41 bits per heavy atom. The van der Waals surface area contributed by atoms with E-state index < -0.39 is 16.8 Å². The van der Waals surface area contributed by atoms with E-state index in [1.54, 1.807) is 20.8 Å². The number of aromatic hydroxyl groups is 1. The molecule has 0 aromatic carbocycles. The van der Waals surface area contributed by atoms with Crippen LogP contribution in [0.25, 0.3) is 0 Å². The summed E-state index contributed by atoms with van der Waals surface area (Å²) in [4.78, 5) is 25.4. The first kappa shape index (κ1) is 13.5. The third-order valence-corrected chi connectivity index (χ3v) is 2.64. The topological polar surface area (TPSA) is 84.3 Å². The van der Waals surface area contributed by atoms with E-state index in [1.807, 2.05) is 0 Å². The van der Waals surface area contributed by atoms with Crippen molar-refractivity contribution < 1.29 is 9.84 Å². The maximum atomic E-state index is 11.7. The molecular formula is C11H18N2O4. The zero-order valence-electron chi connectivity index (χ0n) is 10.5. The van der Waals surface area contributed by atoms with E-state index in [9.17, 15) is 14.7 Å². The van der Waals surface area contributed by atoms with Crippen LogP contribution in [0.5, 0.6) is 5.88 Å². The highest BCUT2D eigenvalue weighted by atomic mass is 16.5. The van der Waals surface area contributed by atoms with Crippen LogP contribution in [0.4, 0.5) is 0 Å². The Morgan fingerprint density at radius 3 is 2.47 bits per heavy atom. The van der Waals surface area contributed by atoms with Gasteiger partial charge in [-0.05, 0) is 20.3 Å². The van der Waals surface area contributed by atoms with Crippen molar-refractivity contribution in [1.82, 2.24) is 9.55 Å². The molecule has 0 saturated heterocycles. The first-order valence-electron chi connectivity index (χ1n) is 5.41. The molecule has 0 unspecified atom stereocenters. The molecule has 0 aliphatic heterocycles. The predicted octanol–water partition coefficient (Wildman–Crippen LogP) is 0.186. The van der Waals surface area contributed by atoms with Crippen molar-refractivity contribution in [3.63, 3.8) is 0 Å². The number of methoxy groups -OCH3 is 1. The maximum Gasteiger partial charge on any atom is 0.331 e. The van der Waals surface area contributed by atoms with Crippen LogP contribution in [0, 0.1) is 0 Å². The number of aromatic amines is 1. The molecule has 0 amide bonds. The second kappa shape index (κ2) is 4.75. The van der Waals surface area contributed by atoms with Gasteiger partial charge in [0.15, 0.2) is 0 Å². The number of nitrogens with one attached hydrogen (secondary N) is 1. The Balaban J connectivity index is 3.54. The fourth-order valence-corrected chi connectivity index (χ4v) is 1.86. The van der Waals surface area contributed by atoms with Gasteiger partial charge in [-0.25, -0.2) is 4.79 Å². The van der Waals surface area contributed by atoms with Gasteiger partial charge < -0.3 is 9.84 Å². The molecule has 0 saturated carbocycles. The molecular weight excluding hydrogens is 224 g/mol. The zero-order chi connectivity index (χ0) is 13.2. The molecule has 0 bridgehead atoms. The zero-order valence-corrected chi connectivity index (χ0v) is 10.5. The van der Waals surface area contributed by atoms with Crippen molar-refractivity contribution in [2.45, 2.75) is 32.7 Å². The van der Waals surface area contributed by atoms with Gasteiger partial charge in [-0.15, -0.1) is 0 Å². The molecule has 1 aromatic rings. The van der Waals surface area contributed by atoms with Gasteiger partial charge in [-0.3, -0.25) is 14.3 Å². The smallest absolute Gasteiger partial charge is 0.331 e. The molecule has 0 fully saturated rings. The summed E-state index contributed by atoms with van der Waals surface area (Å²) in [6, 6.07) is 0. The van der Waals surface area contributed by atoms with E-state index in [0.717, 1.165) is 4.57 Å². The highest BCUT2D eigenvalue weighted by Crippen LogP contribution is 2.21. The average Bonchev–Trinajstić information content (AvgIpc) is 2.16. The van der Waals surface area contributed by atoms with Crippen molar-refractivity contribution in [3.05, 3.63) is 26.4 Å².